The van der Waals surface area contributed by atoms with Crippen LogP contribution in [-0.4, -0.2) is 49.2 Å². The van der Waals surface area contributed by atoms with Crippen molar-refractivity contribution in [2.45, 2.75) is 62.5 Å². The van der Waals surface area contributed by atoms with Crippen LogP contribution in [-0.2, 0) is 9.59 Å². The number of nitrogens with zero attached hydrogens (tertiary/aromatic N) is 2. The Balaban J connectivity index is 1.26. The number of rotatable bonds is 4. The lowest BCUT2D eigenvalue weighted by molar-refractivity contribution is -0.176. The van der Waals surface area contributed by atoms with E-state index in [2.05, 4.69) is 23.8 Å². The monoisotopic (exact) mass is 524 g/mol. The normalized spacial score (nSPS) is 41.5. The van der Waals surface area contributed by atoms with Crippen LogP contribution in [0.1, 0.15) is 46.5 Å². The molecule has 5 unspecified atom stereocenters. The third-order valence-electron chi connectivity index (χ3n) is 9.90. The van der Waals surface area contributed by atoms with E-state index >= 15 is 0 Å². The number of carbonyl (C=O) groups is 2. The van der Waals surface area contributed by atoms with Gasteiger partial charge in [0.05, 0.1) is 11.9 Å². The molecule has 3 saturated carbocycles. The molecule has 0 radical (unpaired) electrons. The van der Waals surface area contributed by atoms with Gasteiger partial charge in [0.25, 0.3) is 0 Å². The number of carbonyl (C=O) groups excluding carboxylic acids is 2. The Morgan fingerprint density at radius 3 is 2.92 bits per heavy atom. The molecule has 0 aromatic carbocycles. The van der Waals surface area contributed by atoms with Crippen LogP contribution in [0.3, 0.4) is 0 Å². The molecule has 0 bridgehead atoms. The summed E-state index contributed by atoms with van der Waals surface area (Å²) >= 11 is 2.82. The predicted octanol–water partition coefficient (Wildman–Crippen LogP) is 4.61. The first-order valence-corrected chi connectivity index (χ1v) is 14.6. The van der Waals surface area contributed by atoms with Gasteiger partial charge in [0.15, 0.2) is 15.9 Å². The van der Waals surface area contributed by atoms with Gasteiger partial charge in [-0.15, -0.1) is 0 Å². The van der Waals surface area contributed by atoms with Gasteiger partial charge in [0, 0.05) is 22.9 Å². The average molecular weight is 525 g/mol. The molecule has 2 heterocycles. The molecule has 6 nitrogen and oxygen atoms in total. The van der Waals surface area contributed by atoms with Crippen LogP contribution in [0, 0.1) is 34.5 Å². The number of Topliss-reactive ketones (excluding diaryl/α,β-unsaturated/α-hetero) is 1. The lowest BCUT2D eigenvalue weighted by atomic mass is 9.45. The second-order valence-corrected chi connectivity index (χ2v) is 13.9. The maximum atomic E-state index is 13.6. The Kier molecular flexibility index (Phi) is 5.65. The van der Waals surface area contributed by atoms with Gasteiger partial charge < -0.3 is 10.2 Å². The van der Waals surface area contributed by atoms with Gasteiger partial charge in [0.2, 0.25) is 0 Å². The van der Waals surface area contributed by atoms with E-state index in [-0.39, 0.29) is 46.4 Å². The maximum Gasteiger partial charge on any atom is 0.178 e. The second-order valence-electron chi connectivity index (χ2n) is 11.7. The number of aromatic nitrogens is 2. The highest BCUT2D eigenvalue weighted by Crippen LogP contribution is 2.67. The third-order valence-corrected chi connectivity index (χ3v) is 12.0. The van der Waals surface area contributed by atoms with Gasteiger partial charge in [0.1, 0.15) is 15.9 Å². The Hall–Kier alpha value is -1.87. The Morgan fingerprint density at radius 1 is 1.33 bits per heavy atom. The van der Waals surface area contributed by atoms with Crippen molar-refractivity contribution in [3.05, 3.63) is 42.1 Å². The van der Waals surface area contributed by atoms with Gasteiger partial charge in [-0.25, -0.2) is 9.97 Å². The fourth-order valence-electron chi connectivity index (χ4n) is 8.27. The van der Waals surface area contributed by atoms with E-state index in [0.29, 0.717) is 12.8 Å². The molecule has 0 saturated heterocycles. The molecule has 6 rings (SSSR count). The molecule has 0 amide bonds. The molecule has 0 spiro atoms. The Labute approximate surface area is 219 Å². The molecular weight excluding hydrogens is 492 g/mol. The van der Waals surface area contributed by atoms with E-state index in [1.165, 1.54) is 23.1 Å². The number of thiazole rings is 1. The summed E-state index contributed by atoms with van der Waals surface area (Å²) in [5.74, 6) is 0.507. The van der Waals surface area contributed by atoms with E-state index in [4.69, 9.17) is 0 Å². The number of ketones is 2. The lowest BCUT2D eigenvalue weighted by Gasteiger charge is -2.60. The number of fused-ring (bicyclic) bond motifs is 6. The van der Waals surface area contributed by atoms with Crippen LogP contribution in [0.5, 0.6) is 0 Å². The number of thioether (sulfide) groups is 1. The smallest absolute Gasteiger partial charge is 0.178 e. The second kappa shape index (κ2) is 8.32. The Bertz CT molecular complexity index is 1290. The molecule has 4 aliphatic carbocycles. The van der Waals surface area contributed by atoms with Gasteiger partial charge in [-0.05, 0) is 67.7 Å². The number of hydrogen-bond donors (Lipinski definition) is 2. The van der Waals surface area contributed by atoms with E-state index < -0.39 is 17.1 Å². The Morgan fingerprint density at radius 2 is 2.14 bits per heavy atom. The molecule has 4 aliphatic rings. The highest BCUT2D eigenvalue weighted by atomic mass is 32.2. The van der Waals surface area contributed by atoms with Crippen LogP contribution in [0.4, 0.5) is 0 Å². The van der Waals surface area contributed by atoms with Crippen molar-refractivity contribution in [2.75, 3.05) is 5.75 Å². The molecule has 2 aromatic rings. The van der Waals surface area contributed by atoms with Crippen LogP contribution < -0.4 is 0 Å². The molecule has 2 N–H and O–H groups in total. The first kappa shape index (κ1) is 24.5. The summed E-state index contributed by atoms with van der Waals surface area (Å²) in [5.41, 5.74) is -0.601. The van der Waals surface area contributed by atoms with Crippen molar-refractivity contribution in [3.8, 4) is 0 Å². The fraction of sp³-hybridized carbons (Fsp3) is 0.571. The summed E-state index contributed by atoms with van der Waals surface area (Å²) in [5, 5.41) is 23.6. The standard InChI is InChI=1S/C28H32N2O4S2/c1-15-11-17-18-7-9-28(34,22(33)14-35-25-30-20-5-4-10-29-24(20)36-25)27(18,3)13-21(32)23(17)26(2)8-6-16(31)12-19(15)26/h4-6,8,10,12,15,17-18,21,23,32,34H,7,9,11,13-14H2,1-3H3/t15-,17?,18?,21-,23?,26?,27?,28-/m0/s1. The largest absolute Gasteiger partial charge is 0.393 e. The first-order valence-electron chi connectivity index (χ1n) is 12.8. The number of allylic oxidation sites excluding steroid dienone is 4. The molecule has 8 heteroatoms. The number of pyridine rings is 1. The molecule has 2 aromatic heterocycles. The minimum Gasteiger partial charge on any atom is -0.393 e. The van der Waals surface area contributed by atoms with Gasteiger partial charge in [-0.3, -0.25) is 9.59 Å². The van der Waals surface area contributed by atoms with Crippen molar-refractivity contribution in [1.82, 2.24) is 9.97 Å². The summed E-state index contributed by atoms with van der Waals surface area (Å²) < 4.78 is 0.774. The SMILES string of the molecule is C[C@H]1CC2C([C@@H](O)CC3(C)C2CC[C@]3(O)C(=O)CSc2nc3cccnc3s2)C2(C)C=CC(=O)C=C12. The van der Waals surface area contributed by atoms with Crippen LogP contribution >= 0.6 is 23.1 Å². The average Bonchev–Trinajstić information content (AvgIpc) is 3.37. The van der Waals surface area contributed by atoms with Crippen LogP contribution in [0.2, 0.25) is 0 Å². The molecule has 0 aliphatic heterocycles. The van der Waals surface area contributed by atoms with Crippen molar-refractivity contribution in [3.63, 3.8) is 0 Å². The van der Waals surface area contributed by atoms with E-state index in [9.17, 15) is 19.8 Å². The molecule has 3 fully saturated rings. The van der Waals surface area contributed by atoms with Crippen molar-refractivity contribution < 1.29 is 19.8 Å². The van der Waals surface area contributed by atoms with Gasteiger partial charge >= 0.3 is 0 Å². The predicted molar refractivity (Wildman–Crippen MR) is 141 cm³/mol. The molecule has 190 valence electrons. The van der Waals surface area contributed by atoms with E-state index in [1.54, 1.807) is 18.3 Å². The van der Waals surface area contributed by atoms with E-state index in [0.717, 1.165) is 33.1 Å². The third kappa shape index (κ3) is 3.37. The minimum atomic E-state index is -1.47. The summed E-state index contributed by atoms with van der Waals surface area (Å²) in [6, 6.07) is 3.75. The fourth-order valence-corrected chi connectivity index (χ4v) is 10.2. The number of hydrogen-bond acceptors (Lipinski definition) is 8. The summed E-state index contributed by atoms with van der Waals surface area (Å²) in [4.78, 5) is 35.5. The zero-order valence-corrected chi connectivity index (χ0v) is 22.4. The van der Waals surface area contributed by atoms with Crippen molar-refractivity contribution in [2.24, 2.45) is 34.5 Å². The van der Waals surface area contributed by atoms with Gasteiger partial charge in [-0.2, -0.15) is 0 Å². The summed E-state index contributed by atoms with van der Waals surface area (Å²) in [7, 11) is 0. The number of aliphatic hydroxyl groups excluding tert-OH is 1. The highest BCUT2D eigenvalue weighted by molar-refractivity contribution is 8.01. The van der Waals surface area contributed by atoms with E-state index in [1.807, 2.05) is 25.1 Å². The topological polar surface area (TPSA) is 100 Å². The first-order chi connectivity index (χ1) is 17.1. The maximum absolute atomic E-state index is 13.6. The van der Waals surface area contributed by atoms with Crippen LogP contribution in [0.25, 0.3) is 10.3 Å². The van der Waals surface area contributed by atoms with Crippen molar-refractivity contribution >= 4 is 45.0 Å². The molecule has 8 atom stereocenters. The summed E-state index contributed by atoms with van der Waals surface area (Å²) in [6.45, 7) is 6.34. The summed E-state index contributed by atoms with van der Waals surface area (Å²) in [6.07, 6.45) is 8.93. The quantitative estimate of drug-likeness (QED) is 0.564. The zero-order valence-electron chi connectivity index (χ0n) is 20.8. The molecular formula is C28H32N2O4S2. The minimum absolute atomic E-state index is 0.0187. The number of aliphatic hydroxyl groups is 2. The molecule has 36 heavy (non-hydrogen) atoms. The highest BCUT2D eigenvalue weighted by Gasteiger charge is 2.68. The lowest BCUT2D eigenvalue weighted by Crippen LogP contribution is -2.62. The zero-order chi connectivity index (χ0) is 25.5. The van der Waals surface area contributed by atoms with Gasteiger partial charge in [-0.1, -0.05) is 55.5 Å². The van der Waals surface area contributed by atoms with Crippen molar-refractivity contribution in [1.29, 1.82) is 0 Å². The van der Waals surface area contributed by atoms with Crippen LogP contribution in [0.15, 0.2) is 46.5 Å².